The van der Waals surface area contributed by atoms with Crippen LogP contribution in [-0.2, 0) is 4.74 Å². The summed E-state index contributed by atoms with van der Waals surface area (Å²) in [6.07, 6.45) is -0.971. The average Bonchev–Trinajstić information content (AvgIpc) is 3.07. The Bertz CT molecular complexity index is 971. The minimum absolute atomic E-state index is 0.137. The predicted molar refractivity (Wildman–Crippen MR) is 116 cm³/mol. The molecule has 0 saturated heterocycles. The molecule has 0 saturated carbocycles. The second-order valence-corrected chi connectivity index (χ2v) is 7.85. The quantitative estimate of drug-likeness (QED) is 0.188. The Morgan fingerprint density at radius 2 is 1.74 bits per heavy atom. The molecule has 5 N–H and O–H groups in total. The molecule has 0 aliphatic carbocycles. The van der Waals surface area contributed by atoms with E-state index in [1.54, 1.807) is 27.7 Å². The number of aromatic nitrogens is 1. The fourth-order valence-electron chi connectivity index (χ4n) is 2.32. The first-order chi connectivity index (χ1) is 14.6. The monoisotopic (exact) mass is 447 g/mol. The van der Waals surface area contributed by atoms with Crippen molar-refractivity contribution in [3.05, 3.63) is 46.0 Å². The Morgan fingerprint density at radius 3 is 2.29 bits per heavy atom. The zero-order valence-corrected chi connectivity index (χ0v) is 18.4. The van der Waals surface area contributed by atoms with Crippen molar-refractivity contribution in [2.45, 2.75) is 33.9 Å². The highest BCUT2D eigenvalue weighted by molar-refractivity contribution is 7.17. The lowest BCUT2D eigenvalue weighted by atomic mass is 10.1. The molecule has 2 rings (SSSR count). The normalized spacial score (nSPS) is 11.5. The first-order valence-electron chi connectivity index (χ1n) is 9.52. The number of aliphatic hydroxyl groups is 1. The maximum atomic E-state index is 12.3. The molecule has 1 aromatic carbocycles. The molecule has 0 aliphatic heterocycles. The number of amides is 2. The number of carbonyl (C=O) groups is 3. The van der Waals surface area contributed by atoms with Gasteiger partial charge in [0.2, 0.25) is 5.96 Å². The lowest BCUT2D eigenvalue weighted by molar-refractivity contribution is 0.0530. The van der Waals surface area contributed by atoms with Gasteiger partial charge in [0.05, 0.1) is 12.3 Å². The van der Waals surface area contributed by atoms with Gasteiger partial charge in [0, 0.05) is 11.1 Å². The molecule has 166 valence electrons. The van der Waals surface area contributed by atoms with Gasteiger partial charge >= 0.3 is 5.97 Å². The van der Waals surface area contributed by atoms with Crippen molar-refractivity contribution in [2.24, 2.45) is 5.92 Å². The summed E-state index contributed by atoms with van der Waals surface area (Å²) < 4.78 is 4.95. The van der Waals surface area contributed by atoms with Crippen LogP contribution in [0.1, 0.15) is 56.9 Å². The summed E-state index contributed by atoms with van der Waals surface area (Å²) in [5, 5.41) is 25.4. The Hall–Kier alpha value is -3.31. The third kappa shape index (κ3) is 6.59. The van der Waals surface area contributed by atoms with Crippen LogP contribution in [0, 0.1) is 18.3 Å². The number of esters is 1. The number of anilines is 1. The Morgan fingerprint density at radius 1 is 1.16 bits per heavy atom. The van der Waals surface area contributed by atoms with Crippen LogP contribution in [0.2, 0.25) is 0 Å². The molecule has 0 spiro atoms. The van der Waals surface area contributed by atoms with Crippen LogP contribution in [0.15, 0.2) is 24.3 Å². The molecule has 10 nitrogen and oxygen atoms in total. The molecular formula is C20H25N5O5S. The summed E-state index contributed by atoms with van der Waals surface area (Å²) in [5.41, 5.74) is 0.978. The van der Waals surface area contributed by atoms with Crippen molar-refractivity contribution in [2.75, 3.05) is 11.9 Å². The molecule has 0 radical (unpaired) electrons. The summed E-state index contributed by atoms with van der Waals surface area (Å²) in [5.74, 6) is -1.98. The van der Waals surface area contributed by atoms with Gasteiger partial charge in [-0.2, -0.15) is 0 Å². The number of nitrogens with one attached hydrogen (secondary N) is 4. The van der Waals surface area contributed by atoms with Crippen molar-refractivity contribution in [1.82, 2.24) is 15.6 Å². The molecule has 0 fully saturated rings. The van der Waals surface area contributed by atoms with Crippen molar-refractivity contribution in [3.8, 4) is 0 Å². The van der Waals surface area contributed by atoms with E-state index in [1.807, 2.05) is 0 Å². The summed E-state index contributed by atoms with van der Waals surface area (Å²) in [6.45, 7) is 7.13. The first-order valence-corrected chi connectivity index (χ1v) is 10.3. The third-order valence-corrected chi connectivity index (χ3v) is 5.10. The molecule has 31 heavy (non-hydrogen) atoms. The van der Waals surface area contributed by atoms with Crippen molar-refractivity contribution < 1.29 is 24.2 Å². The fourth-order valence-corrected chi connectivity index (χ4v) is 3.18. The van der Waals surface area contributed by atoms with E-state index in [-0.39, 0.29) is 34.7 Å². The van der Waals surface area contributed by atoms with E-state index in [4.69, 9.17) is 10.1 Å². The van der Waals surface area contributed by atoms with Crippen LogP contribution in [-0.4, -0.2) is 46.7 Å². The number of thiazole rings is 1. The summed E-state index contributed by atoms with van der Waals surface area (Å²) in [4.78, 5) is 40.7. The van der Waals surface area contributed by atoms with E-state index in [0.717, 1.165) is 11.3 Å². The zero-order valence-electron chi connectivity index (χ0n) is 17.6. The van der Waals surface area contributed by atoms with Crippen LogP contribution in [0.3, 0.4) is 0 Å². The number of nitrogens with zero attached hydrogens (tertiary/aromatic N) is 1. The van der Waals surface area contributed by atoms with Crippen molar-refractivity contribution in [3.63, 3.8) is 0 Å². The van der Waals surface area contributed by atoms with E-state index in [9.17, 15) is 19.5 Å². The number of benzene rings is 1. The van der Waals surface area contributed by atoms with E-state index in [2.05, 4.69) is 20.9 Å². The smallest absolute Gasteiger partial charge is 0.350 e. The number of rotatable bonds is 7. The topological polar surface area (TPSA) is 154 Å². The van der Waals surface area contributed by atoms with Crippen LogP contribution in [0.25, 0.3) is 0 Å². The maximum absolute atomic E-state index is 12.3. The molecule has 0 bridgehead atoms. The van der Waals surface area contributed by atoms with Gasteiger partial charge in [0.25, 0.3) is 11.8 Å². The maximum Gasteiger partial charge on any atom is 0.350 e. The summed E-state index contributed by atoms with van der Waals surface area (Å²) in [7, 11) is 0. The molecule has 2 aromatic rings. The highest BCUT2D eigenvalue weighted by atomic mass is 32.1. The van der Waals surface area contributed by atoms with Gasteiger partial charge in [-0.3, -0.25) is 20.3 Å². The fraction of sp³-hybridized carbons (Fsp3) is 0.350. The molecule has 1 aromatic heterocycles. The number of carbonyl (C=O) groups excluding carboxylic acids is 3. The summed E-state index contributed by atoms with van der Waals surface area (Å²) >= 11 is 1.02. The van der Waals surface area contributed by atoms with Gasteiger partial charge < -0.3 is 20.5 Å². The molecular weight excluding hydrogens is 422 g/mol. The number of aryl methyl sites for hydroxylation is 1. The molecule has 1 heterocycles. The second-order valence-electron chi connectivity index (χ2n) is 6.85. The van der Waals surface area contributed by atoms with Gasteiger partial charge in [-0.05, 0) is 44.0 Å². The number of guanidine groups is 1. The predicted octanol–water partition coefficient (Wildman–Crippen LogP) is 2.11. The molecule has 2 amide bonds. The van der Waals surface area contributed by atoms with Gasteiger partial charge in [-0.1, -0.05) is 25.2 Å². The number of hydrogen-bond acceptors (Lipinski definition) is 8. The number of hydrogen-bond donors (Lipinski definition) is 5. The first kappa shape index (κ1) is 24.0. The molecule has 11 heteroatoms. The van der Waals surface area contributed by atoms with Crippen LogP contribution >= 0.6 is 11.3 Å². The third-order valence-electron chi connectivity index (χ3n) is 4.05. The van der Waals surface area contributed by atoms with Crippen LogP contribution in [0.4, 0.5) is 5.13 Å². The Labute approximate surface area is 183 Å². The van der Waals surface area contributed by atoms with E-state index in [0.29, 0.717) is 10.6 Å². The van der Waals surface area contributed by atoms with E-state index >= 15 is 0 Å². The highest BCUT2D eigenvalue weighted by Gasteiger charge is 2.18. The summed E-state index contributed by atoms with van der Waals surface area (Å²) in [6, 6.07) is 5.77. The Kier molecular flexibility index (Phi) is 8.22. The number of aliphatic hydroxyl groups excluding tert-OH is 1. The largest absolute Gasteiger partial charge is 0.462 e. The zero-order chi connectivity index (χ0) is 23.1. The van der Waals surface area contributed by atoms with Crippen LogP contribution < -0.4 is 16.0 Å². The lowest BCUT2D eigenvalue weighted by Crippen LogP contribution is -2.38. The SMILES string of the molecule is CCOC(=O)c1sc(NC(=N)NC(=O)c2ccc(C(=O)NC(O)C(C)C)cc2)nc1C. The highest BCUT2D eigenvalue weighted by Crippen LogP contribution is 2.23. The van der Waals surface area contributed by atoms with Gasteiger partial charge in [0.1, 0.15) is 11.1 Å². The Balaban J connectivity index is 1.96. The van der Waals surface area contributed by atoms with E-state index in [1.165, 1.54) is 24.3 Å². The standard InChI is InChI=1S/C20H25N5O5S/c1-5-30-18(29)14-11(4)22-20(31-14)25-19(21)24-17(28)13-8-6-12(7-9-13)16(27)23-15(26)10(2)3/h6-10,15,26H,5H2,1-4H3,(H,23,27)(H3,21,22,24,25,28). The van der Waals surface area contributed by atoms with Crippen molar-refractivity contribution >= 4 is 40.2 Å². The number of ether oxygens (including phenoxy) is 1. The van der Waals surface area contributed by atoms with Gasteiger partial charge in [0.15, 0.2) is 5.13 Å². The minimum atomic E-state index is -0.971. The van der Waals surface area contributed by atoms with Gasteiger partial charge in [-0.15, -0.1) is 0 Å². The van der Waals surface area contributed by atoms with Gasteiger partial charge in [-0.25, -0.2) is 9.78 Å². The minimum Gasteiger partial charge on any atom is -0.462 e. The van der Waals surface area contributed by atoms with Crippen LogP contribution in [0.5, 0.6) is 0 Å². The molecule has 1 atom stereocenters. The average molecular weight is 448 g/mol. The van der Waals surface area contributed by atoms with E-state index < -0.39 is 24.0 Å². The second kappa shape index (κ2) is 10.6. The van der Waals surface area contributed by atoms with Crippen molar-refractivity contribution in [1.29, 1.82) is 5.41 Å². The molecule has 1 unspecified atom stereocenters. The lowest BCUT2D eigenvalue weighted by Gasteiger charge is -2.16. The molecule has 0 aliphatic rings.